The van der Waals surface area contributed by atoms with Crippen LogP contribution in [0.15, 0.2) is 205 Å². The molecule has 147 heavy (non-hydrogen) atoms. The van der Waals surface area contributed by atoms with E-state index in [9.17, 15) is 85.4 Å². The van der Waals surface area contributed by atoms with E-state index in [1.807, 2.05) is 163 Å². The van der Waals surface area contributed by atoms with Gasteiger partial charge in [-0.2, -0.15) is 36.9 Å². The number of thiocarbonyl (C=S) groups is 2. The van der Waals surface area contributed by atoms with Crippen LogP contribution < -0.4 is 50.3 Å². The summed E-state index contributed by atoms with van der Waals surface area (Å²) in [6.07, 6.45) is -6.56. The van der Waals surface area contributed by atoms with Crippen molar-refractivity contribution in [3.05, 3.63) is 249 Å². The van der Waals surface area contributed by atoms with E-state index in [4.69, 9.17) is 43.4 Å². The third kappa shape index (κ3) is 27.0. The number of alkyl halides is 6. The molecule has 14 rings (SSSR count). The fraction of sp³-hybridized carbons (Fsp3) is 0.387. The molecule has 774 valence electrons. The Morgan fingerprint density at radius 3 is 1.14 bits per heavy atom. The number of aryl methyl sites for hydroxylation is 2. The number of nitriles is 2. The second-order valence-corrected chi connectivity index (χ2v) is 42.5. The van der Waals surface area contributed by atoms with E-state index in [0.717, 1.165) is 111 Å². The molecule has 26 nitrogen and oxygen atoms in total. The van der Waals surface area contributed by atoms with Crippen LogP contribution in [0.25, 0.3) is 43.1 Å². The molecule has 0 spiro atoms. The molecule has 8 amide bonds. The summed E-state index contributed by atoms with van der Waals surface area (Å²) in [6.45, 7) is 23.9. The lowest BCUT2D eigenvalue weighted by Crippen LogP contribution is -2.58. The number of halogens is 6. The first kappa shape index (κ1) is 111. The van der Waals surface area contributed by atoms with E-state index in [-0.39, 0.29) is 98.0 Å². The number of rotatable bonds is 37. The first-order valence-electron chi connectivity index (χ1n) is 48.5. The zero-order valence-corrected chi connectivity index (χ0v) is 87.1. The molecule has 36 heteroatoms. The van der Waals surface area contributed by atoms with E-state index in [1.54, 1.807) is 96.6 Å². The van der Waals surface area contributed by atoms with E-state index in [1.165, 1.54) is 42.8 Å². The lowest BCUT2D eigenvalue weighted by molar-refractivity contribution is -0.144. The highest BCUT2D eigenvalue weighted by atomic mass is 32.1. The van der Waals surface area contributed by atoms with Gasteiger partial charge in [0.1, 0.15) is 53.4 Å². The smallest absolute Gasteiger partial charge is 0.417 e. The topological polar surface area (TPSA) is 329 Å². The van der Waals surface area contributed by atoms with Gasteiger partial charge in [-0.3, -0.25) is 48.2 Å². The minimum atomic E-state index is -4.80. The first-order chi connectivity index (χ1) is 69.7. The molecule has 4 aliphatic heterocycles. The number of aliphatic hydroxyl groups excluding tert-OH is 2. The van der Waals surface area contributed by atoms with Gasteiger partial charge in [0.15, 0.2) is 10.2 Å². The number of hydrogen-bond donors (Lipinski definition) is 6. The predicted octanol–water partition coefficient (Wildman–Crippen LogP) is 19.5. The van der Waals surface area contributed by atoms with Crippen LogP contribution in [0.2, 0.25) is 0 Å². The van der Waals surface area contributed by atoms with Crippen molar-refractivity contribution >= 4 is 127 Å². The molecule has 6 heterocycles. The van der Waals surface area contributed by atoms with Crippen molar-refractivity contribution < 1.29 is 93.9 Å². The minimum Gasteiger partial charge on any atom is -0.494 e. The van der Waals surface area contributed by atoms with Crippen LogP contribution in [-0.2, 0) is 73.3 Å². The number of carbonyl (C=O) groups excluding carboxylic acids is 8. The van der Waals surface area contributed by atoms with Crippen molar-refractivity contribution in [2.45, 2.75) is 214 Å². The normalized spacial score (nSPS) is 17.1. The Kier molecular flexibility index (Phi) is 36.0. The van der Waals surface area contributed by atoms with Crippen LogP contribution in [0.3, 0.4) is 0 Å². The average Bonchev–Trinajstić information content (AvgIpc) is 1.58. The van der Waals surface area contributed by atoms with Gasteiger partial charge in [-0.15, -0.1) is 22.7 Å². The number of benzene rings is 8. The van der Waals surface area contributed by atoms with E-state index in [2.05, 4.69) is 58.0 Å². The van der Waals surface area contributed by atoms with Crippen LogP contribution >= 0.6 is 47.1 Å². The number of β-amino-alcohol motifs (C(OH)–C–C–N with tert-alkyl or cyclic N) is 2. The van der Waals surface area contributed by atoms with Crippen LogP contribution in [0.1, 0.15) is 172 Å². The number of amides is 8. The van der Waals surface area contributed by atoms with Gasteiger partial charge in [0.25, 0.3) is 11.8 Å². The minimum absolute atomic E-state index is 0.00923. The summed E-state index contributed by atoms with van der Waals surface area (Å²) in [7, 11) is 0. The van der Waals surface area contributed by atoms with Gasteiger partial charge in [-0.05, 0) is 279 Å². The van der Waals surface area contributed by atoms with Crippen LogP contribution in [0.4, 0.5) is 49.1 Å². The number of likely N-dealkylation sites (tertiary alicyclic amines) is 2. The highest BCUT2D eigenvalue weighted by Gasteiger charge is 2.54. The number of nitrogens with one attached hydrogen (secondary N) is 4. The molecule has 0 unspecified atom stereocenters. The van der Waals surface area contributed by atoms with E-state index >= 15 is 0 Å². The molecular weight excluding hydrogens is 1970 g/mol. The number of unbranched alkanes of at least 4 members (excludes halogenated alkanes) is 4. The number of ether oxygens (including phenoxy) is 4. The Morgan fingerprint density at radius 2 is 0.796 bits per heavy atom. The fourth-order valence-corrected chi connectivity index (χ4v) is 20.9. The summed E-state index contributed by atoms with van der Waals surface area (Å²) in [6, 6.07) is 55.5. The second-order valence-electron chi connectivity index (χ2n) is 39.9. The maximum Gasteiger partial charge on any atom is 0.417 e. The number of carbonyl (C=O) groups is 8. The lowest BCUT2D eigenvalue weighted by atomic mass is 9.85. The highest BCUT2D eigenvalue weighted by Crippen LogP contribution is 2.45. The van der Waals surface area contributed by atoms with Crippen molar-refractivity contribution in [1.82, 2.24) is 31.1 Å². The monoisotopic (exact) mass is 2090 g/mol. The van der Waals surface area contributed by atoms with Crippen molar-refractivity contribution in [1.29, 1.82) is 10.5 Å². The number of aliphatic hydroxyl groups is 2. The molecule has 4 fully saturated rings. The van der Waals surface area contributed by atoms with Gasteiger partial charge in [0.2, 0.25) is 35.4 Å². The standard InChI is InChI=1S/C56H61F3N6O7S2.C55H59F3N6O7S2/c1-35-25-29-74-48(35)39-12-10-36(11-13-39)33-61-50(68)46-31-43(66)34-63(46)51(69)49(54(2,3)4)62-47(67)24-28-71-26-8-7-9-27-72-44-22-17-38(18-23-44)37-14-19-41(20-15-37)65-53(73)64(52(70)55(65,5)6)42-21-16-40(32-60)45(30-42)56(57,58)59;1-34-24-27-73-47(34)38-12-10-35(11-13-38)31-60-49(67)45-29-42(65)32-62(45)50(68)48(53(2,3)4)61-46(66)33-70-25-8-7-9-26-71-43-22-17-37(18-23-43)36-14-19-40(20-15-36)64-52(72)63(51(69)54(64,5)6)41-21-16-39(30-59)44(28-41)55(56,57)58/h10-23,25,29-30,43,46,49,66H,7-9,24,26-28,31,33-34H2,1-6H3,(H,61,68)(H,62,67);10-24,27-28,42,45,48,65H,7-9,25-26,29,31-33H2,1-6H3,(H,60,67)(H,61,66)/t43-,46+,49-;42-,45+,48-/m11/s1. The SMILES string of the molecule is Cc1ccsc1-c1ccc(CNC(=O)[C@@H]2C[C@@H](O)CN2C(=O)[C@@H](NC(=O)CCOCCCCCOc2ccc(-c3ccc(N4C(=S)N(c5ccc(C#N)c(C(F)(F)F)c5)C(=O)C4(C)C)cc3)cc2)C(C)(C)C)cc1.Cc1ccsc1-c1ccc(CNC(=O)[C@@H]2C[C@@H](O)CN2C(=O)[C@@H](NC(=O)COCCCCCOc2ccc(-c3ccc(N4C(=S)N(c5ccc(C#N)c(C(F)(F)F)c5)C(=O)C4(C)C)cc3)cc2)C(C)(C)C)cc1. The second kappa shape index (κ2) is 47.7. The molecule has 6 atom stereocenters. The molecule has 0 bridgehead atoms. The largest absolute Gasteiger partial charge is 0.494 e. The summed E-state index contributed by atoms with van der Waals surface area (Å²) < 4.78 is 106. The van der Waals surface area contributed by atoms with Crippen LogP contribution in [-0.4, -0.2) is 178 Å². The first-order valence-corrected chi connectivity index (χ1v) is 51.0. The van der Waals surface area contributed by atoms with E-state index < -0.39 is 122 Å². The zero-order valence-electron chi connectivity index (χ0n) is 83.8. The summed E-state index contributed by atoms with van der Waals surface area (Å²) >= 11 is 14.7. The number of anilines is 4. The third-order valence-electron chi connectivity index (χ3n) is 26.1. The molecular formula is C111H120F6N12O14S4. The zero-order chi connectivity index (χ0) is 106. The summed E-state index contributed by atoms with van der Waals surface area (Å²) in [4.78, 5) is 119. The summed E-state index contributed by atoms with van der Waals surface area (Å²) in [5.74, 6) is -2.07. The molecule has 0 saturated carbocycles. The quantitative estimate of drug-likeness (QED) is 0.0120. The molecule has 6 N–H and O–H groups in total. The maximum absolute atomic E-state index is 14.0. The number of thiophene rings is 2. The molecule has 0 aliphatic carbocycles. The number of nitrogens with zero attached hydrogens (tertiary/aromatic N) is 8. The third-order valence-corrected chi connectivity index (χ3v) is 29.0. The van der Waals surface area contributed by atoms with Crippen molar-refractivity contribution in [2.24, 2.45) is 10.8 Å². The number of hydrogen-bond acceptors (Lipinski definition) is 20. The van der Waals surface area contributed by atoms with Crippen molar-refractivity contribution in [2.75, 3.05) is 72.3 Å². The van der Waals surface area contributed by atoms with E-state index in [0.29, 0.717) is 55.7 Å². The van der Waals surface area contributed by atoms with Gasteiger partial charge in [0, 0.05) is 79.8 Å². The molecule has 2 aromatic heterocycles. The molecule has 4 saturated heterocycles. The Balaban J connectivity index is 0.000000246. The van der Waals surface area contributed by atoms with Gasteiger partial charge < -0.3 is 70.0 Å². The molecule has 8 aromatic carbocycles. The predicted molar refractivity (Wildman–Crippen MR) is 562 cm³/mol. The van der Waals surface area contributed by atoms with Crippen LogP contribution in [0, 0.1) is 47.3 Å². The average molecular weight is 2090 g/mol. The Bertz CT molecular complexity index is 6510. The Labute approximate surface area is 870 Å². The van der Waals surface area contributed by atoms with Crippen molar-refractivity contribution in [3.8, 4) is 66.8 Å². The fourth-order valence-electron chi connectivity index (χ4n) is 18.0. The van der Waals surface area contributed by atoms with Gasteiger partial charge in [-0.25, -0.2) is 0 Å². The molecule has 0 radical (unpaired) electrons. The van der Waals surface area contributed by atoms with Crippen molar-refractivity contribution in [3.63, 3.8) is 0 Å². The van der Waals surface area contributed by atoms with Gasteiger partial charge in [0.05, 0.1) is 77.8 Å². The Hall–Kier alpha value is -13.3. The lowest BCUT2D eigenvalue weighted by Gasteiger charge is -2.35. The maximum atomic E-state index is 14.0. The van der Waals surface area contributed by atoms with Gasteiger partial charge >= 0.3 is 12.4 Å². The summed E-state index contributed by atoms with van der Waals surface area (Å²) in [5.41, 5.74) is 3.75. The van der Waals surface area contributed by atoms with Gasteiger partial charge in [-0.1, -0.05) is 139 Å². The molecule has 4 aliphatic rings. The highest BCUT2D eigenvalue weighted by molar-refractivity contribution is 7.81. The summed E-state index contributed by atoms with van der Waals surface area (Å²) in [5, 5.41) is 55.3. The Morgan fingerprint density at radius 1 is 0.456 bits per heavy atom. The molecule has 10 aromatic rings. The van der Waals surface area contributed by atoms with Crippen LogP contribution in [0.5, 0.6) is 11.5 Å².